The molecule has 110 valence electrons. The molecule has 0 N–H and O–H groups in total. The Balaban J connectivity index is 2.02. The highest BCUT2D eigenvalue weighted by Crippen LogP contribution is 2.17. The number of carbonyl (C=O) groups is 2. The third-order valence-electron chi connectivity index (χ3n) is 2.80. The molecule has 1 heterocycles. The topological polar surface area (TPSA) is 75.0 Å². The fourth-order valence-electron chi connectivity index (χ4n) is 1.70. The van der Waals surface area contributed by atoms with Gasteiger partial charge in [0, 0.05) is 0 Å². The van der Waals surface area contributed by atoms with E-state index >= 15 is 0 Å². The van der Waals surface area contributed by atoms with Crippen molar-refractivity contribution in [1.82, 2.24) is 0 Å². The molecule has 1 aromatic heterocycles. The zero-order valence-electron chi connectivity index (χ0n) is 11.6. The average molecular weight is 290 g/mol. The third kappa shape index (κ3) is 3.42. The van der Waals surface area contributed by atoms with Gasteiger partial charge in [0.15, 0.2) is 5.76 Å². The number of furan rings is 1. The van der Waals surface area contributed by atoms with Gasteiger partial charge >= 0.3 is 11.9 Å². The molecular formula is C15H14O6. The van der Waals surface area contributed by atoms with Gasteiger partial charge in [0.2, 0.25) is 0 Å². The van der Waals surface area contributed by atoms with E-state index in [9.17, 15) is 9.59 Å². The van der Waals surface area contributed by atoms with Gasteiger partial charge < -0.3 is 18.6 Å². The molecule has 2 rings (SSSR count). The monoisotopic (exact) mass is 290 g/mol. The van der Waals surface area contributed by atoms with Gasteiger partial charge in [-0.15, -0.1) is 0 Å². The van der Waals surface area contributed by atoms with Crippen molar-refractivity contribution < 1.29 is 28.2 Å². The number of esters is 2. The van der Waals surface area contributed by atoms with Crippen LogP contribution in [0.4, 0.5) is 0 Å². The van der Waals surface area contributed by atoms with Gasteiger partial charge in [0.1, 0.15) is 17.9 Å². The highest BCUT2D eigenvalue weighted by atomic mass is 16.5. The number of methoxy groups -OCH3 is 2. The van der Waals surface area contributed by atoms with Gasteiger partial charge in [-0.3, -0.25) is 0 Å². The summed E-state index contributed by atoms with van der Waals surface area (Å²) in [6.07, 6.45) is 1.39. The molecule has 0 atom stereocenters. The fourth-order valence-corrected chi connectivity index (χ4v) is 1.70. The van der Waals surface area contributed by atoms with Crippen LogP contribution >= 0.6 is 0 Å². The number of hydrogen-bond donors (Lipinski definition) is 0. The highest BCUT2D eigenvalue weighted by molar-refractivity contribution is 5.90. The zero-order valence-corrected chi connectivity index (χ0v) is 11.6. The van der Waals surface area contributed by atoms with E-state index in [1.165, 1.54) is 26.5 Å². The van der Waals surface area contributed by atoms with Crippen molar-refractivity contribution in [3.63, 3.8) is 0 Å². The lowest BCUT2D eigenvalue weighted by Crippen LogP contribution is -2.05. The fraction of sp³-hybridized carbons (Fsp3) is 0.200. The van der Waals surface area contributed by atoms with Crippen LogP contribution in [0.15, 0.2) is 41.0 Å². The lowest BCUT2D eigenvalue weighted by atomic mass is 10.2. The number of rotatable bonds is 5. The minimum atomic E-state index is -0.483. The number of benzene rings is 1. The molecule has 0 aliphatic carbocycles. The van der Waals surface area contributed by atoms with E-state index in [0.717, 1.165) is 0 Å². The second-order valence-corrected chi connectivity index (χ2v) is 4.05. The van der Waals surface area contributed by atoms with Crippen molar-refractivity contribution in [2.24, 2.45) is 0 Å². The number of carbonyl (C=O) groups excluding carboxylic acids is 2. The standard InChI is InChI=1S/C15H14O6/c1-18-14(16)10-3-5-11(6-4-10)21-9-13-12(7-8-20-13)15(17)19-2/h3-8H,9H2,1-2H3. The van der Waals surface area contributed by atoms with Crippen LogP contribution in [0.1, 0.15) is 26.5 Å². The summed E-state index contributed by atoms with van der Waals surface area (Å²) in [6, 6.07) is 7.96. The first kappa shape index (κ1) is 14.6. The Morgan fingerprint density at radius 3 is 2.29 bits per heavy atom. The average Bonchev–Trinajstić information content (AvgIpc) is 3.00. The Hall–Kier alpha value is -2.76. The predicted octanol–water partition coefficient (Wildman–Crippen LogP) is 2.43. The van der Waals surface area contributed by atoms with E-state index in [4.69, 9.17) is 9.15 Å². The van der Waals surface area contributed by atoms with Crippen LogP contribution < -0.4 is 4.74 Å². The summed E-state index contributed by atoms with van der Waals surface area (Å²) in [5, 5.41) is 0. The highest BCUT2D eigenvalue weighted by Gasteiger charge is 2.15. The maximum absolute atomic E-state index is 11.5. The van der Waals surface area contributed by atoms with E-state index in [1.54, 1.807) is 24.3 Å². The van der Waals surface area contributed by atoms with Crippen LogP contribution in [0.25, 0.3) is 0 Å². The molecule has 0 unspecified atom stereocenters. The Labute approximate surface area is 121 Å². The van der Waals surface area contributed by atoms with E-state index in [0.29, 0.717) is 22.6 Å². The van der Waals surface area contributed by atoms with Crippen LogP contribution in [0, 0.1) is 0 Å². The summed E-state index contributed by atoms with van der Waals surface area (Å²) in [5.74, 6) is 0.0118. The molecule has 0 bridgehead atoms. The molecule has 0 saturated heterocycles. The lowest BCUT2D eigenvalue weighted by Gasteiger charge is -2.06. The molecule has 0 spiro atoms. The van der Waals surface area contributed by atoms with Crippen molar-refractivity contribution in [1.29, 1.82) is 0 Å². The Morgan fingerprint density at radius 2 is 1.67 bits per heavy atom. The van der Waals surface area contributed by atoms with E-state index < -0.39 is 11.9 Å². The van der Waals surface area contributed by atoms with Crippen molar-refractivity contribution in [3.8, 4) is 5.75 Å². The van der Waals surface area contributed by atoms with Crippen molar-refractivity contribution in [2.75, 3.05) is 14.2 Å². The molecule has 6 heteroatoms. The molecular weight excluding hydrogens is 276 g/mol. The first-order valence-electron chi connectivity index (χ1n) is 6.11. The summed E-state index contributed by atoms with van der Waals surface area (Å²) < 4.78 is 19.9. The smallest absolute Gasteiger partial charge is 0.341 e. The summed E-state index contributed by atoms with van der Waals surface area (Å²) >= 11 is 0. The molecule has 0 amide bonds. The van der Waals surface area contributed by atoms with Gasteiger partial charge in [-0.1, -0.05) is 0 Å². The number of hydrogen-bond acceptors (Lipinski definition) is 6. The van der Waals surface area contributed by atoms with Gasteiger partial charge in [0.05, 0.1) is 26.0 Å². The van der Waals surface area contributed by atoms with Crippen LogP contribution in [0.5, 0.6) is 5.75 Å². The zero-order chi connectivity index (χ0) is 15.2. The maximum atomic E-state index is 11.5. The van der Waals surface area contributed by atoms with Crippen LogP contribution in [0.2, 0.25) is 0 Å². The quantitative estimate of drug-likeness (QED) is 0.787. The Bertz CT molecular complexity index is 626. The molecule has 0 radical (unpaired) electrons. The normalized spacial score (nSPS) is 10.0. The molecule has 1 aromatic carbocycles. The van der Waals surface area contributed by atoms with Crippen LogP contribution in [-0.2, 0) is 16.1 Å². The Morgan fingerprint density at radius 1 is 1.00 bits per heavy atom. The maximum Gasteiger partial charge on any atom is 0.341 e. The second-order valence-electron chi connectivity index (χ2n) is 4.05. The molecule has 0 aliphatic rings. The van der Waals surface area contributed by atoms with E-state index in [1.807, 2.05) is 0 Å². The minimum Gasteiger partial charge on any atom is -0.486 e. The predicted molar refractivity (Wildman–Crippen MR) is 72.2 cm³/mol. The molecule has 0 saturated carbocycles. The summed E-state index contributed by atoms with van der Waals surface area (Å²) in [5.41, 5.74) is 0.752. The molecule has 21 heavy (non-hydrogen) atoms. The van der Waals surface area contributed by atoms with Gasteiger partial charge in [0.25, 0.3) is 0 Å². The summed E-state index contributed by atoms with van der Waals surface area (Å²) in [4.78, 5) is 22.8. The van der Waals surface area contributed by atoms with Gasteiger partial charge in [-0.25, -0.2) is 9.59 Å². The van der Waals surface area contributed by atoms with Crippen molar-refractivity contribution in [3.05, 3.63) is 53.5 Å². The second kappa shape index (κ2) is 6.60. The molecule has 0 aliphatic heterocycles. The van der Waals surface area contributed by atoms with Gasteiger partial charge in [-0.05, 0) is 30.3 Å². The first-order valence-corrected chi connectivity index (χ1v) is 6.11. The number of ether oxygens (including phenoxy) is 3. The van der Waals surface area contributed by atoms with Gasteiger partial charge in [-0.2, -0.15) is 0 Å². The van der Waals surface area contributed by atoms with Crippen molar-refractivity contribution in [2.45, 2.75) is 6.61 Å². The van der Waals surface area contributed by atoms with Crippen LogP contribution in [0.3, 0.4) is 0 Å². The van der Waals surface area contributed by atoms with E-state index in [2.05, 4.69) is 9.47 Å². The molecule has 0 fully saturated rings. The SMILES string of the molecule is COC(=O)c1ccc(OCc2occc2C(=O)OC)cc1. The summed E-state index contributed by atoms with van der Waals surface area (Å²) in [6.45, 7) is 0.0784. The molecule has 6 nitrogen and oxygen atoms in total. The largest absolute Gasteiger partial charge is 0.486 e. The first-order chi connectivity index (χ1) is 10.2. The third-order valence-corrected chi connectivity index (χ3v) is 2.80. The van der Waals surface area contributed by atoms with E-state index in [-0.39, 0.29) is 6.61 Å². The lowest BCUT2D eigenvalue weighted by molar-refractivity contribution is 0.0588. The van der Waals surface area contributed by atoms with Crippen LogP contribution in [-0.4, -0.2) is 26.2 Å². The Kier molecular flexibility index (Phi) is 4.61. The van der Waals surface area contributed by atoms with Crippen molar-refractivity contribution >= 4 is 11.9 Å². The summed E-state index contributed by atoms with van der Waals surface area (Å²) in [7, 11) is 2.61. The molecule has 2 aromatic rings. The minimum absolute atomic E-state index is 0.0784.